The molecule has 13 heavy (non-hydrogen) atoms. The topological polar surface area (TPSA) is 41.6 Å². The summed E-state index contributed by atoms with van der Waals surface area (Å²) in [4.78, 5) is 4.19. The lowest BCUT2D eigenvalue weighted by atomic mass is 10.1. The Morgan fingerprint density at radius 1 is 1.15 bits per heavy atom. The second-order valence-electron chi connectivity index (χ2n) is 2.68. The van der Waals surface area contributed by atoms with Crippen molar-refractivity contribution < 1.29 is 0 Å². The highest BCUT2D eigenvalue weighted by Gasteiger charge is 1.96. The molecule has 1 N–H and O–H groups in total. The third-order valence-corrected chi connectivity index (χ3v) is 1.74. The van der Waals surface area contributed by atoms with Gasteiger partial charge in [-0.25, -0.2) is 0 Å². The third kappa shape index (κ3) is 2.06. The average molecular weight is 196 g/mol. The molecule has 0 radical (unpaired) electrons. The van der Waals surface area contributed by atoms with Crippen molar-refractivity contribution in [3.05, 3.63) is 36.4 Å². The molecule has 2 aromatic heterocycles. The molecule has 2 rings (SSSR count). The van der Waals surface area contributed by atoms with Crippen LogP contribution in [-0.2, 0) is 0 Å². The van der Waals surface area contributed by atoms with Crippen LogP contribution in [0.2, 0.25) is 0 Å². The van der Waals surface area contributed by atoms with E-state index < -0.39 is 0 Å². The smallest absolute Gasteiger partial charge is 0.0566 e. The summed E-state index contributed by atoms with van der Waals surface area (Å²) < 4.78 is 0. The van der Waals surface area contributed by atoms with Gasteiger partial charge in [0.1, 0.15) is 0 Å². The molecule has 68 valence electrons. The zero-order chi connectivity index (χ0) is 8.39. The minimum Gasteiger partial charge on any atom is -0.285 e. The predicted molar refractivity (Wildman–Crippen MR) is 53.8 cm³/mol. The molecule has 0 spiro atoms. The van der Waals surface area contributed by atoms with Crippen LogP contribution in [0.15, 0.2) is 30.7 Å². The number of rotatable bonds is 1. The SMILES string of the molecule is Cc1ccc(-c2cn[nH]c2)cn1.Cl. The van der Waals surface area contributed by atoms with Gasteiger partial charge in [0, 0.05) is 29.2 Å². The van der Waals surface area contributed by atoms with Crippen LogP contribution in [0.4, 0.5) is 0 Å². The number of aryl methyl sites for hydroxylation is 1. The van der Waals surface area contributed by atoms with Gasteiger partial charge in [-0.15, -0.1) is 12.4 Å². The quantitative estimate of drug-likeness (QED) is 0.758. The van der Waals surface area contributed by atoms with Gasteiger partial charge in [-0.3, -0.25) is 10.1 Å². The summed E-state index contributed by atoms with van der Waals surface area (Å²) in [5.41, 5.74) is 3.19. The fraction of sp³-hybridized carbons (Fsp3) is 0.111. The largest absolute Gasteiger partial charge is 0.285 e. The van der Waals surface area contributed by atoms with Gasteiger partial charge < -0.3 is 0 Å². The second-order valence-corrected chi connectivity index (χ2v) is 2.68. The van der Waals surface area contributed by atoms with Crippen LogP contribution in [0.1, 0.15) is 5.69 Å². The molecule has 2 heterocycles. The first-order valence-electron chi connectivity index (χ1n) is 3.78. The van der Waals surface area contributed by atoms with E-state index in [4.69, 9.17) is 0 Å². The van der Waals surface area contributed by atoms with Crippen LogP contribution in [0.25, 0.3) is 11.1 Å². The average Bonchev–Trinajstić information content (AvgIpc) is 2.58. The highest BCUT2D eigenvalue weighted by Crippen LogP contribution is 2.15. The van der Waals surface area contributed by atoms with E-state index in [-0.39, 0.29) is 12.4 Å². The molecular formula is C9H10ClN3. The van der Waals surface area contributed by atoms with Gasteiger partial charge >= 0.3 is 0 Å². The molecule has 0 aliphatic rings. The number of aromatic amines is 1. The molecule has 0 aliphatic heterocycles. The fourth-order valence-corrected chi connectivity index (χ4v) is 1.05. The van der Waals surface area contributed by atoms with Crippen LogP contribution in [0, 0.1) is 6.92 Å². The van der Waals surface area contributed by atoms with Crippen molar-refractivity contribution in [3.63, 3.8) is 0 Å². The van der Waals surface area contributed by atoms with E-state index in [9.17, 15) is 0 Å². The van der Waals surface area contributed by atoms with E-state index in [1.165, 1.54) is 0 Å². The van der Waals surface area contributed by atoms with E-state index in [2.05, 4.69) is 15.2 Å². The normalized spacial score (nSPS) is 9.31. The van der Waals surface area contributed by atoms with Crippen LogP contribution in [-0.4, -0.2) is 15.2 Å². The van der Waals surface area contributed by atoms with Gasteiger partial charge in [0.25, 0.3) is 0 Å². The van der Waals surface area contributed by atoms with Gasteiger partial charge in [-0.05, 0) is 13.0 Å². The molecule has 0 aliphatic carbocycles. The molecule has 2 aromatic rings. The lowest BCUT2D eigenvalue weighted by Gasteiger charge is -1.95. The van der Waals surface area contributed by atoms with Crippen molar-refractivity contribution in [2.45, 2.75) is 6.92 Å². The van der Waals surface area contributed by atoms with Crippen molar-refractivity contribution in [2.24, 2.45) is 0 Å². The molecule has 0 aromatic carbocycles. The lowest BCUT2D eigenvalue weighted by molar-refractivity contribution is 1.09. The van der Waals surface area contributed by atoms with Crippen molar-refractivity contribution in [1.29, 1.82) is 0 Å². The molecule has 3 nitrogen and oxygen atoms in total. The fourth-order valence-electron chi connectivity index (χ4n) is 1.05. The maximum atomic E-state index is 4.19. The van der Waals surface area contributed by atoms with E-state index in [1.54, 1.807) is 6.20 Å². The zero-order valence-electron chi connectivity index (χ0n) is 7.19. The van der Waals surface area contributed by atoms with Crippen molar-refractivity contribution in [1.82, 2.24) is 15.2 Å². The number of aromatic nitrogens is 3. The first-order chi connectivity index (χ1) is 5.86. The molecule has 0 bridgehead atoms. The molecule has 0 saturated heterocycles. The lowest BCUT2D eigenvalue weighted by Crippen LogP contribution is -1.80. The van der Waals surface area contributed by atoms with E-state index in [1.807, 2.05) is 31.5 Å². The molecule has 0 amide bonds. The number of pyridine rings is 1. The highest BCUT2D eigenvalue weighted by molar-refractivity contribution is 5.85. The molecule has 0 atom stereocenters. The molecular weight excluding hydrogens is 186 g/mol. The van der Waals surface area contributed by atoms with Gasteiger partial charge in [-0.2, -0.15) is 5.10 Å². The van der Waals surface area contributed by atoms with Gasteiger partial charge in [0.15, 0.2) is 0 Å². The minimum absolute atomic E-state index is 0. The van der Waals surface area contributed by atoms with E-state index >= 15 is 0 Å². The van der Waals surface area contributed by atoms with Crippen LogP contribution in [0.3, 0.4) is 0 Å². The predicted octanol–water partition coefficient (Wildman–Crippen LogP) is 2.20. The monoisotopic (exact) mass is 195 g/mol. The Morgan fingerprint density at radius 2 is 2.00 bits per heavy atom. The number of hydrogen-bond donors (Lipinski definition) is 1. The second kappa shape index (κ2) is 4.05. The summed E-state index contributed by atoms with van der Waals surface area (Å²) in [6.07, 6.45) is 5.48. The minimum atomic E-state index is 0. The van der Waals surface area contributed by atoms with E-state index in [0.717, 1.165) is 16.8 Å². The van der Waals surface area contributed by atoms with Crippen molar-refractivity contribution in [3.8, 4) is 11.1 Å². The Morgan fingerprint density at radius 3 is 2.54 bits per heavy atom. The number of nitrogens with zero attached hydrogens (tertiary/aromatic N) is 2. The summed E-state index contributed by atoms with van der Waals surface area (Å²) in [6, 6.07) is 4.02. The maximum absolute atomic E-state index is 4.19. The van der Waals surface area contributed by atoms with Crippen LogP contribution < -0.4 is 0 Å². The summed E-state index contributed by atoms with van der Waals surface area (Å²) >= 11 is 0. The molecule has 0 fully saturated rings. The summed E-state index contributed by atoms with van der Waals surface area (Å²) in [6.45, 7) is 1.97. The zero-order valence-corrected chi connectivity index (χ0v) is 8.01. The number of H-pyrrole nitrogens is 1. The number of nitrogens with one attached hydrogen (secondary N) is 1. The molecule has 0 saturated carbocycles. The van der Waals surface area contributed by atoms with Crippen molar-refractivity contribution in [2.75, 3.05) is 0 Å². The highest BCUT2D eigenvalue weighted by atomic mass is 35.5. The third-order valence-electron chi connectivity index (χ3n) is 1.74. The van der Waals surface area contributed by atoms with Crippen molar-refractivity contribution >= 4 is 12.4 Å². The van der Waals surface area contributed by atoms with Gasteiger partial charge in [-0.1, -0.05) is 6.07 Å². The van der Waals surface area contributed by atoms with E-state index in [0.29, 0.717) is 0 Å². The van der Waals surface area contributed by atoms with Gasteiger partial charge in [0.05, 0.1) is 6.20 Å². The summed E-state index contributed by atoms with van der Waals surface area (Å²) in [5, 5.41) is 6.63. The maximum Gasteiger partial charge on any atom is 0.0566 e. The summed E-state index contributed by atoms with van der Waals surface area (Å²) in [7, 11) is 0. The Hall–Kier alpha value is -1.35. The first-order valence-corrected chi connectivity index (χ1v) is 3.78. The summed E-state index contributed by atoms with van der Waals surface area (Å²) in [5.74, 6) is 0. The Labute approximate surface area is 82.6 Å². The molecule has 4 heteroatoms. The Bertz CT molecular complexity index is 353. The Balaban J connectivity index is 0.000000845. The Kier molecular flexibility index (Phi) is 3.03. The van der Waals surface area contributed by atoms with Crippen LogP contribution in [0.5, 0.6) is 0 Å². The van der Waals surface area contributed by atoms with Gasteiger partial charge in [0.2, 0.25) is 0 Å². The van der Waals surface area contributed by atoms with Crippen LogP contribution >= 0.6 is 12.4 Å². The standard InChI is InChI=1S/C9H9N3.ClH/c1-7-2-3-8(4-10-7)9-5-11-12-6-9;/h2-6H,1H3,(H,11,12);1H. The molecule has 0 unspecified atom stereocenters. The number of hydrogen-bond acceptors (Lipinski definition) is 2. The number of halogens is 1. The first kappa shape index (κ1) is 9.74.